The van der Waals surface area contributed by atoms with Gasteiger partial charge in [-0.1, -0.05) is 30.3 Å². The zero-order valence-corrected chi connectivity index (χ0v) is 12.3. The van der Waals surface area contributed by atoms with Crippen LogP contribution in [0.5, 0.6) is 5.75 Å². The van der Waals surface area contributed by atoms with Gasteiger partial charge in [0, 0.05) is 16.2 Å². The van der Waals surface area contributed by atoms with Gasteiger partial charge in [-0.05, 0) is 44.2 Å². The van der Waals surface area contributed by atoms with E-state index in [0.717, 1.165) is 31.4 Å². The third-order valence-electron chi connectivity index (χ3n) is 3.83. The average molecular weight is 329 g/mol. The average Bonchev–Trinajstić information content (AvgIpc) is 2.46. The molecule has 0 amide bonds. The lowest BCUT2D eigenvalue weighted by Gasteiger charge is -2.14. The Balaban J connectivity index is 2.40. The lowest BCUT2D eigenvalue weighted by Crippen LogP contribution is -1.91. The zero-order valence-electron chi connectivity index (χ0n) is 10.7. The smallest absolute Gasteiger partial charge is 0.134 e. The molecule has 0 atom stereocenters. The van der Waals surface area contributed by atoms with Gasteiger partial charge < -0.3 is 4.74 Å². The fraction of sp³-hybridized carbons (Fsp3) is 0.0588. The fourth-order valence-electron chi connectivity index (χ4n) is 2.94. The highest BCUT2D eigenvalue weighted by atomic mass is 79.9. The summed E-state index contributed by atoms with van der Waals surface area (Å²) >= 11 is 3.56. The molecule has 0 spiro atoms. The maximum Gasteiger partial charge on any atom is 0.134 e. The normalized spacial score (nSPS) is 11.8. The number of halogens is 2. The maximum absolute atomic E-state index is 14.4. The van der Waals surface area contributed by atoms with Crippen LogP contribution in [0.2, 0.25) is 0 Å². The second kappa shape index (κ2) is 4.06. The van der Waals surface area contributed by atoms with Gasteiger partial charge in [0.05, 0.1) is 11.6 Å². The summed E-state index contributed by atoms with van der Waals surface area (Å²) < 4.78 is 20.6. The Hall–Kier alpha value is -1.87. The van der Waals surface area contributed by atoms with E-state index in [1.54, 1.807) is 19.2 Å². The first kappa shape index (κ1) is 11.9. The molecule has 0 saturated heterocycles. The van der Waals surface area contributed by atoms with Gasteiger partial charge in [-0.25, -0.2) is 4.39 Å². The predicted molar refractivity (Wildman–Crippen MR) is 84.4 cm³/mol. The summed E-state index contributed by atoms with van der Waals surface area (Å²) in [6.45, 7) is 0. The van der Waals surface area contributed by atoms with Crippen molar-refractivity contribution in [3.05, 3.63) is 52.8 Å². The van der Waals surface area contributed by atoms with Crippen LogP contribution in [0.3, 0.4) is 0 Å². The van der Waals surface area contributed by atoms with Crippen LogP contribution in [-0.4, -0.2) is 7.11 Å². The molecule has 4 rings (SSSR count). The van der Waals surface area contributed by atoms with Crippen LogP contribution in [-0.2, 0) is 0 Å². The van der Waals surface area contributed by atoms with E-state index in [0.29, 0.717) is 11.1 Å². The van der Waals surface area contributed by atoms with Gasteiger partial charge >= 0.3 is 0 Å². The summed E-state index contributed by atoms with van der Waals surface area (Å²) in [6, 6.07) is 13.4. The van der Waals surface area contributed by atoms with Crippen molar-refractivity contribution in [1.29, 1.82) is 0 Å². The molecular weight excluding hydrogens is 319 g/mol. The van der Waals surface area contributed by atoms with Crippen molar-refractivity contribution in [2.75, 3.05) is 7.11 Å². The van der Waals surface area contributed by atoms with E-state index < -0.39 is 0 Å². The van der Waals surface area contributed by atoms with E-state index in [9.17, 15) is 4.39 Å². The molecule has 0 aliphatic heterocycles. The predicted octanol–water partition coefficient (Wildman–Crippen LogP) is 5.49. The van der Waals surface area contributed by atoms with Gasteiger partial charge in [0.25, 0.3) is 0 Å². The van der Waals surface area contributed by atoms with Crippen LogP contribution in [0, 0.1) is 5.82 Å². The molecule has 4 aromatic rings. The molecule has 0 N–H and O–H groups in total. The molecule has 0 bridgehead atoms. The standard InChI is InChI=1S/C17H10BrFO/c1-20-14-8-12-13(19)7-10-4-2-3-9-5-6-11(17(14)18)16(12)15(9)10/h2-8H,1H3. The van der Waals surface area contributed by atoms with Crippen LogP contribution in [0.25, 0.3) is 32.3 Å². The van der Waals surface area contributed by atoms with Crippen molar-refractivity contribution in [1.82, 2.24) is 0 Å². The molecule has 0 unspecified atom stereocenters. The van der Waals surface area contributed by atoms with E-state index in [-0.39, 0.29) is 5.82 Å². The molecule has 0 aliphatic rings. The van der Waals surface area contributed by atoms with Crippen LogP contribution < -0.4 is 4.74 Å². The van der Waals surface area contributed by atoms with Gasteiger partial charge in [-0.2, -0.15) is 0 Å². The highest BCUT2D eigenvalue weighted by molar-refractivity contribution is 9.10. The number of hydrogen-bond donors (Lipinski definition) is 0. The largest absolute Gasteiger partial charge is 0.496 e. The van der Waals surface area contributed by atoms with Gasteiger partial charge in [0.1, 0.15) is 11.6 Å². The first-order valence-electron chi connectivity index (χ1n) is 6.30. The van der Waals surface area contributed by atoms with Gasteiger partial charge in [-0.3, -0.25) is 0 Å². The second-order valence-electron chi connectivity index (χ2n) is 4.87. The van der Waals surface area contributed by atoms with Gasteiger partial charge in [-0.15, -0.1) is 0 Å². The van der Waals surface area contributed by atoms with E-state index in [1.807, 2.05) is 18.2 Å². The molecule has 1 nitrogen and oxygen atoms in total. The van der Waals surface area contributed by atoms with Gasteiger partial charge in [0.15, 0.2) is 0 Å². The van der Waals surface area contributed by atoms with E-state index in [4.69, 9.17) is 4.74 Å². The molecule has 0 aliphatic carbocycles. The third kappa shape index (κ3) is 1.41. The molecule has 98 valence electrons. The Morgan fingerprint density at radius 1 is 0.950 bits per heavy atom. The highest BCUT2D eigenvalue weighted by Gasteiger charge is 2.16. The summed E-state index contributed by atoms with van der Waals surface area (Å²) in [5.74, 6) is 0.432. The molecule has 0 aromatic heterocycles. The Bertz CT molecular complexity index is 956. The van der Waals surface area contributed by atoms with Crippen molar-refractivity contribution in [3.63, 3.8) is 0 Å². The summed E-state index contributed by atoms with van der Waals surface area (Å²) in [5.41, 5.74) is 0. The van der Waals surface area contributed by atoms with Crippen LogP contribution >= 0.6 is 15.9 Å². The second-order valence-corrected chi connectivity index (χ2v) is 5.66. The Morgan fingerprint density at radius 3 is 2.55 bits per heavy atom. The van der Waals surface area contributed by atoms with Crippen molar-refractivity contribution >= 4 is 48.2 Å². The molecule has 4 aromatic carbocycles. The first-order valence-corrected chi connectivity index (χ1v) is 7.09. The minimum absolute atomic E-state index is 0.216. The monoisotopic (exact) mass is 328 g/mol. The van der Waals surface area contributed by atoms with Crippen LogP contribution in [0.4, 0.5) is 4.39 Å². The number of rotatable bonds is 1. The summed E-state index contributed by atoms with van der Waals surface area (Å²) in [6.07, 6.45) is 0. The quantitative estimate of drug-likeness (QED) is 0.419. The van der Waals surface area contributed by atoms with E-state index >= 15 is 0 Å². The number of ether oxygens (including phenoxy) is 1. The van der Waals surface area contributed by atoms with E-state index in [1.165, 1.54) is 0 Å². The van der Waals surface area contributed by atoms with Crippen molar-refractivity contribution in [2.24, 2.45) is 0 Å². The van der Waals surface area contributed by atoms with Gasteiger partial charge in [0.2, 0.25) is 0 Å². The molecule has 0 saturated carbocycles. The number of methoxy groups -OCH3 is 1. The van der Waals surface area contributed by atoms with E-state index in [2.05, 4.69) is 28.1 Å². The third-order valence-corrected chi connectivity index (χ3v) is 4.65. The highest BCUT2D eigenvalue weighted by Crippen LogP contribution is 2.42. The van der Waals surface area contributed by atoms with Crippen molar-refractivity contribution in [3.8, 4) is 5.75 Å². The fourth-order valence-corrected chi connectivity index (χ4v) is 3.55. The molecule has 0 fully saturated rings. The zero-order chi connectivity index (χ0) is 13.9. The SMILES string of the molecule is COc1cc2c(F)cc3cccc4ccc(c1Br)c2c43. The van der Waals surface area contributed by atoms with Crippen LogP contribution in [0.15, 0.2) is 46.9 Å². The summed E-state index contributed by atoms with van der Waals surface area (Å²) in [7, 11) is 1.59. The van der Waals surface area contributed by atoms with Crippen molar-refractivity contribution in [2.45, 2.75) is 0 Å². The Morgan fingerprint density at radius 2 is 1.75 bits per heavy atom. The number of benzene rings is 4. The molecule has 20 heavy (non-hydrogen) atoms. The minimum atomic E-state index is -0.216. The molecule has 0 radical (unpaired) electrons. The number of hydrogen-bond acceptors (Lipinski definition) is 1. The lowest BCUT2D eigenvalue weighted by molar-refractivity contribution is 0.413. The molecule has 3 heteroatoms. The lowest BCUT2D eigenvalue weighted by atomic mass is 9.94. The molecular formula is C17H10BrFO. The topological polar surface area (TPSA) is 9.23 Å². The summed E-state index contributed by atoms with van der Waals surface area (Å²) in [5, 5.41) is 5.68. The Kier molecular flexibility index (Phi) is 2.42. The minimum Gasteiger partial charge on any atom is -0.496 e. The van der Waals surface area contributed by atoms with Crippen molar-refractivity contribution < 1.29 is 9.13 Å². The maximum atomic E-state index is 14.4. The molecule has 0 heterocycles. The Labute approximate surface area is 123 Å². The van der Waals surface area contributed by atoms with Crippen LogP contribution in [0.1, 0.15) is 0 Å². The summed E-state index contributed by atoms with van der Waals surface area (Å²) in [4.78, 5) is 0. The first-order chi connectivity index (χ1) is 9.70.